The van der Waals surface area contributed by atoms with E-state index in [2.05, 4.69) is 18.2 Å². The number of Topliss-reactive ketones (excluding diaryl/α,β-unsaturated/α-hetero) is 1. The van der Waals surface area contributed by atoms with Gasteiger partial charge in [-0.15, -0.1) is 0 Å². The van der Waals surface area contributed by atoms with Crippen molar-refractivity contribution in [2.45, 2.75) is 44.9 Å². The van der Waals surface area contributed by atoms with Gasteiger partial charge in [-0.2, -0.15) is 0 Å². The summed E-state index contributed by atoms with van der Waals surface area (Å²) in [7, 11) is 0. The van der Waals surface area contributed by atoms with Crippen molar-refractivity contribution < 1.29 is 4.79 Å². The summed E-state index contributed by atoms with van der Waals surface area (Å²) in [6.45, 7) is 0. The zero-order valence-corrected chi connectivity index (χ0v) is 8.17. The van der Waals surface area contributed by atoms with Crippen LogP contribution in [0.5, 0.6) is 0 Å². The molecule has 0 heterocycles. The molecule has 0 aromatic heterocycles. The first-order valence-electron chi connectivity index (χ1n) is 5.21. The molecule has 0 aliphatic heterocycles. The lowest BCUT2D eigenvalue weighted by Gasteiger charge is -1.97. The van der Waals surface area contributed by atoms with Crippen LogP contribution in [0, 0.1) is 0 Å². The Morgan fingerprint density at radius 3 is 2.23 bits per heavy atom. The minimum atomic E-state index is 0.380. The van der Waals surface area contributed by atoms with Crippen LogP contribution in [-0.2, 0) is 4.79 Å². The molecule has 0 fully saturated rings. The monoisotopic (exact) mass is 178 g/mol. The molecule has 0 aromatic rings. The van der Waals surface area contributed by atoms with Gasteiger partial charge in [0.2, 0.25) is 0 Å². The van der Waals surface area contributed by atoms with E-state index in [0.717, 1.165) is 25.7 Å². The summed E-state index contributed by atoms with van der Waals surface area (Å²) in [6, 6.07) is 0. The van der Waals surface area contributed by atoms with Crippen molar-refractivity contribution in [3.8, 4) is 0 Å². The number of ketones is 1. The van der Waals surface area contributed by atoms with Gasteiger partial charge in [0.05, 0.1) is 0 Å². The van der Waals surface area contributed by atoms with E-state index >= 15 is 0 Å². The lowest BCUT2D eigenvalue weighted by atomic mass is 10.1. The first-order chi connectivity index (χ1) is 6.39. The summed E-state index contributed by atoms with van der Waals surface area (Å²) in [5.41, 5.74) is 0. The van der Waals surface area contributed by atoms with Crippen molar-refractivity contribution >= 4 is 5.78 Å². The molecule has 72 valence electrons. The van der Waals surface area contributed by atoms with Crippen LogP contribution >= 0.6 is 0 Å². The van der Waals surface area contributed by atoms with E-state index in [1.165, 1.54) is 12.8 Å². The molecule has 0 unspecified atom stereocenters. The van der Waals surface area contributed by atoms with Crippen LogP contribution in [0.1, 0.15) is 44.9 Å². The number of carbonyl (C=O) groups is 1. The van der Waals surface area contributed by atoms with Crippen molar-refractivity contribution in [2.75, 3.05) is 0 Å². The highest BCUT2D eigenvalue weighted by atomic mass is 16.1. The van der Waals surface area contributed by atoms with Gasteiger partial charge in [0, 0.05) is 12.8 Å². The summed E-state index contributed by atoms with van der Waals surface area (Å²) < 4.78 is 0. The summed E-state index contributed by atoms with van der Waals surface area (Å²) in [5, 5.41) is 0. The molecule has 0 saturated carbocycles. The van der Waals surface area contributed by atoms with Crippen LogP contribution in [0.2, 0.25) is 0 Å². The van der Waals surface area contributed by atoms with Crippen LogP contribution < -0.4 is 0 Å². The van der Waals surface area contributed by atoms with E-state index in [1.54, 1.807) is 0 Å². The summed E-state index contributed by atoms with van der Waals surface area (Å²) in [4.78, 5) is 11.2. The topological polar surface area (TPSA) is 17.1 Å². The highest BCUT2D eigenvalue weighted by molar-refractivity contribution is 5.79. The Hall–Kier alpha value is -0.850. The molecule has 13 heavy (non-hydrogen) atoms. The second-order valence-corrected chi connectivity index (χ2v) is 3.51. The Morgan fingerprint density at radius 2 is 1.46 bits per heavy atom. The van der Waals surface area contributed by atoms with Gasteiger partial charge >= 0.3 is 0 Å². The van der Waals surface area contributed by atoms with Gasteiger partial charge in [0.1, 0.15) is 5.78 Å². The molecule has 0 saturated heterocycles. The lowest BCUT2D eigenvalue weighted by Crippen LogP contribution is -1.94. The summed E-state index contributed by atoms with van der Waals surface area (Å²) in [6.07, 6.45) is 15.6. The number of carbonyl (C=O) groups excluding carboxylic acids is 1. The molecular weight excluding hydrogens is 160 g/mol. The fourth-order valence-electron chi connectivity index (χ4n) is 1.44. The van der Waals surface area contributed by atoms with Gasteiger partial charge in [-0.05, 0) is 32.1 Å². The van der Waals surface area contributed by atoms with Gasteiger partial charge in [-0.25, -0.2) is 0 Å². The summed E-state index contributed by atoms with van der Waals surface area (Å²) in [5.74, 6) is 0.380. The van der Waals surface area contributed by atoms with Crippen LogP contribution in [-0.4, -0.2) is 5.78 Å². The first kappa shape index (κ1) is 10.2. The van der Waals surface area contributed by atoms with Crippen LogP contribution in [0.3, 0.4) is 0 Å². The fraction of sp³-hybridized carbons (Fsp3) is 0.583. The van der Waals surface area contributed by atoms with Crippen molar-refractivity contribution in [1.82, 2.24) is 0 Å². The first-order valence-corrected chi connectivity index (χ1v) is 5.21. The smallest absolute Gasteiger partial charge is 0.136 e. The Morgan fingerprint density at radius 1 is 0.846 bits per heavy atom. The van der Waals surface area contributed by atoms with E-state index in [-0.39, 0.29) is 0 Å². The second kappa shape index (κ2) is 6.64. The third-order valence-corrected chi connectivity index (χ3v) is 2.25. The van der Waals surface area contributed by atoms with E-state index < -0.39 is 0 Å². The zero-order valence-electron chi connectivity index (χ0n) is 8.17. The second-order valence-electron chi connectivity index (χ2n) is 3.51. The third kappa shape index (κ3) is 5.40. The normalized spacial score (nSPS) is 25.7. The molecule has 0 amide bonds. The molecule has 0 N–H and O–H groups in total. The van der Waals surface area contributed by atoms with Crippen LogP contribution in [0.25, 0.3) is 0 Å². The van der Waals surface area contributed by atoms with Crippen molar-refractivity contribution in [2.24, 2.45) is 0 Å². The van der Waals surface area contributed by atoms with Crippen LogP contribution in [0.4, 0.5) is 0 Å². The molecule has 1 rings (SSSR count). The maximum atomic E-state index is 11.2. The van der Waals surface area contributed by atoms with Gasteiger partial charge in [-0.1, -0.05) is 24.3 Å². The van der Waals surface area contributed by atoms with Crippen LogP contribution in [0.15, 0.2) is 24.3 Å². The number of rotatable bonds is 0. The van der Waals surface area contributed by atoms with E-state index in [4.69, 9.17) is 0 Å². The zero-order chi connectivity index (χ0) is 9.36. The van der Waals surface area contributed by atoms with E-state index in [1.807, 2.05) is 6.08 Å². The molecular formula is C12H18O. The maximum Gasteiger partial charge on any atom is 0.136 e. The number of hydrogen-bond donors (Lipinski definition) is 0. The van der Waals surface area contributed by atoms with E-state index in [9.17, 15) is 4.79 Å². The average molecular weight is 178 g/mol. The Labute approximate surface area is 80.5 Å². The maximum absolute atomic E-state index is 11.2. The molecule has 0 radical (unpaired) electrons. The highest BCUT2D eigenvalue weighted by Crippen LogP contribution is 2.06. The third-order valence-electron chi connectivity index (χ3n) is 2.25. The molecule has 1 aliphatic rings. The Kier molecular flexibility index (Phi) is 5.23. The van der Waals surface area contributed by atoms with Crippen molar-refractivity contribution in [3.63, 3.8) is 0 Å². The largest absolute Gasteiger partial charge is 0.299 e. The number of allylic oxidation sites excluding steroid dienone is 4. The predicted octanol–water partition coefficient (Wildman–Crippen LogP) is 3.41. The standard InChI is InChI=1S/C12H18O/c13-12-10-8-6-4-2-1-3-5-7-9-11-12/h2,4,7,9H,1,3,5-6,8,10-11H2/b4-2+,9-7+. The summed E-state index contributed by atoms with van der Waals surface area (Å²) >= 11 is 0. The minimum Gasteiger partial charge on any atom is -0.299 e. The number of hydrogen-bond acceptors (Lipinski definition) is 1. The van der Waals surface area contributed by atoms with Gasteiger partial charge in [-0.3, -0.25) is 4.79 Å². The molecule has 0 bridgehead atoms. The Balaban J connectivity index is 2.33. The molecule has 0 atom stereocenters. The van der Waals surface area contributed by atoms with E-state index in [0.29, 0.717) is 12.2 Å². The average Bonchev–Trinajstić information content (AvgIpc) is 2.11. The van der Waals surface area contributed by atoms with Crippen molar-refractivity contribution in [1.29, 1.82) is 0 Å². The molecule has 0 spiro atoms. The van der Waals surface area contributed by atoms with Gasteiger partial charge in [0.25, 0.3) is 0 Å². The lowest BCUT2D eigenvalue weighted by molar-refractivity contribution is -0.118. The minimum absolute atomic E-state index is 0.380. The molecule has 1 heteroatoms. The van der Waals surface area contributed by atoms with Gasteiger partial charge < -0.3 is 0 Å². The highest BCUT2D eigenvalue weighted by Gasteiger charge is 1.97. The Bertz CT molecular complexity index is 201. The van der Waals surface area contributed by atoms with Gasteiger partial charge in [0.15, 0.2) is 0 Å². The molecule has 0 aromatic carbocycles. The fourth-order valence-corrected chi connectivity index (χ4v) is 1.44. The predicted molar refractivity (Wildman–Crippen MR) is 55.6 cm³/mol. The quantitative estimate of drug-likeness (QED) is 0.519. The van der Waals surface area contributed by atoms with Crippen molar-refractivity contribution in [3.05, 3.63) is 24.3 Å². The molecule has 1 nitrogen and oxygen atoms in total. The molecule has 1 aliphatic carbocycles. The SMILES string of the molecule is O=C1C/C=C/CCC/C=C/CCC1.